The van der Waals surface area contributed by atoms with Gasteiger partial charge < -0.3 is 9.64 Å². The van der Waals surface area contributed by atoms with E-state index in [1.807, 2.05) is 0 Å². The third-order valence-corrected chi connectivity index (χ3v) is 10.0. The Balaban J connectivity index is 1.35. The first-order valence-electron chi connectivity index (χ1n) is 14.0. The highest BCUT2D eigenvalue weighted by Gasteiger charge is 2.41. The highest BCUT2D eigenvalue weighted by Crippen LogP contribution is 2.48. The summed E-state index contributed by atoms with van der Waals surface area (Å²) in [6, 6.07) is 5.12. The Morgan fingerprint density at radius 1 is 1.15 bits per heavy atom. The Kier molecular flexibility index (Phi) is 6.43. The van der Waals surface area contributed by atoms with Crippen LogP contribution in [0.1, 0.15) is 75.3 Å². The highest BCUT2D eigenvalue weighted by atomic mass is 32.2. The van der Waals surface area contributed by atoms with Crippen molar-refractivity contribution in [2.24, 2.45) is 11.3 Å². The van der Waals surface area contributed by atoms with E-state index in [0.29, 0.717) is 54.2 Å². The molecule has 0 spiro atoms. The molecule has 3 aromatic rings. The second kappa shape index (κ2) is 9.60. The third kappa shape index (κ3) is 5.21. The van der Waals surface area contributed by atoms with Crippen molar-refractivity contribution in [3.63, 3.8) is 0 Å². The number of aromatic nitrogens is 5. The van der Waals surface area contributed by atoms with Crippen molar-refractivity contribution in [3.05, 3.63) is 41.9 Å². The summed E-state index contributed by atoms with van der Waals surface area (Å²) in [6.07, 6.45) is 9.55. The zero-order valence-corrected chi connectivity index (χ0v) is 24.4. The van der Waals surface area contributed by atoms with Gasteiger partial charge in [-0.2, -0.15) is 5.10 Å². The molecule has 40 heavy (non-hydrogen) atoms. The van der Waals surface area contributed by atoms with Crippen LogP contribution >= 0.6 is 0 Å². The molecule has 1 atom stereocenters. The number of nitrogens with zero attached hydrogens (tertiary/aromatic N) is 6. The lowest BCUT2D eigenvalue weighted by Gasteiger charge is -2.34. The number of ether oxygens (including phenoxy) is 1. The molecule has 3 aromatic heterocycles. The van der Waals surface area contributed by atoms with E-state index in [1.165, 1.54) is 19.0 Å². The molecular formula is C28H37N7O4S. The van der Waals surface area contributed by atoms with E-state index in [0.717, 1.165) is 25.7 Å². The summed E-state index contributed by atoms with van der Waals surface area (Å²) in [5, 5.41) is 8.94. The van der Waals surface area contributed by atoms with E-state index >= 15 is 0 Å². The molecule has 0 aromatic carbocycles. The van der Waals surface area contributed by atoms with Crippen LogP contribution in [0.15, 0.2) is 35.5 Å². The van der Waals surface area contributed by atoms with Crippen LogP contribution in [0.25, 0.3) is 5.82 Å². The molecule has 1 saturated heterocycles. The molecule has 214 valence electrons. The van der Waals surface area contributed by atoms with Crippen molar-refractivity contribution in [2.75, 3.05) is 18.1 Å². The lowest BCUT2D eigenvalue weighted by molar-refractivity contribution is 0.0981. The number of nitrogens with one attached hydrogen (secondary N) is 1. The predicted octanol–water partition coefficient (Wildman–Crippen LogP) is 3.86. The number of aryl methyl sites for hydroxylation is 2. The molecule has 3 aliphatic rings. The largest absolute Gasteiger partial charge is 0.477 e. The van der Waals surface area contributed by atoms with E-state index in [4.69, 9.17) is 9.72 Å². The Bertz CT molecular complexity index is 1550. The van der Waals surface area contributed by atoms with E-state index < -0.39 is 15.9 Å². The van der Waals surface area contributed by atoms with Crippen LogP contribution in [0.3, 0.4) is 0 Å². The minimum atomic E-state index is -4.13. The van der Waals surface area contributed by atoms with Crippen molar-refractivity contribution < 1.29 is 17.9 Å². The molecular weight excluding hydrogens is 530 g/mol. The van der Waals surface area contributed by atoms with Crippen molar-refractivity contribution in [1.82, 2.24) is 29.3 Å². The third-order valence-electron chi connectivity index (χ3n) is 8.60. The lowest BCUT2D eigenvalue weighted by atomic mass is 9.93. The van der Waals surface area contributed by atoms with Gasteiger partial charge in [0.1, 0.15) is 10.7 Å². The summed E-state index contributed by atoms with van der Waals surface area (Å²) < 4.78 is 37.9. The highest BCUT2D eigenvalue weighted by molar-refractivity contribution is 7.90. The quantitative estimate of drug-likeness (QED) is 0.493. The maximum Gasteiger partial charge on any atom is 0.268 e. The van der Waals surface area contributed by atoms with Crippen LogP contribution in [-0.4, -0.2) is 57.6 Å². The van der Waals surface area contributed by atoms with Crippen LogP contribution in [0.5, 0.6) is 5.88 Å². The lowest BCUT2D eigenvalue weighted by Crippen LogP contribution is -2.41. The maximum absolute atomic E-state index is 13.5. The van der Waals surface area contributed by atoms with Crippen molar-refractivity contribution >= 4 is 21.7 Å². The smallest absolute Gasteiger partial charge is 0.268 e. The molecule has 0 radical (unpaired) electrons. The molecule has 1 amide bonds. The fourth-order valence-corrected chi connectivity index (χ4v) is 7.09. The molecule has 11 nitrogen and oxygen atoms in total. The zero-order chi connectivity index (χ0) is 28.3. The van der Waals surface area contributed by atoms with Gasteiger partial charge in [0.25, 0.3) is 15.9 Å². The average Bonchev–Trinajstić information content (AvgIpc) is 3.20. The van der Waals surface area contributed by atoms with Crippen LogP contribution in [-0.2, 0) is 16.6 Å². The number of rotatable bonds is 5. The molecule has 1 aliphatic carbocycles. The van der Waals surface area contributed by atoms with Gasteiger partial charge >= 0.3 is 0 Å². The second-order valence-corrected chi connectivity index (χ2v) is 14.1. The standard InChI is InChI=1S/C28H37N7O4S/c1-19-22-18-33(30-19)13-5-6-20-16-27(2,3)34(17-20)25-21(26(36)32-40(22,37)38)7-8-23(29-25)35-14-9-24(31-35)39-15-12-28(4)10-11-28/h7-9,14,18,20H,5-6,10-13,15-17H2,1-4H3,(H,32,36)/t20-/m0/s1. The Morgan fingerprint density at radius 3 is 2.73 bits per heavy atom. The minimum Gasteiger partial charge on any atom is -0.477 e. The number of fused-ring (bicyclic) bond motifs is 6. The number of anilines is 1. The molecule has 4 bridgehead atoms. The van der Waals surface area contributed by atoms with Crippen molar-refractivity contribution in [3.8, 4) is 11.7 Å². The van der Waals surface area contributed by atoms with Gasteiger partial charge in [0, 0.05) is 37.1 Å². The van der Waals surface area contributed by atoms with Crippen LogP contribution in [0, 0.1) is 18.3 Å². The minimum absolute atomic E-state index is 0.00685. The Labute approximate surface area is 235 Å². The van der Waals surface area contributed by atoms with Gasteiger partial charge in [0.2, 0.25) is 5.88 Å². The average molecular weight is 568 g/mol. The molecule has 6 rings (SSSR count). The summed E-state index contributed by atoms with van der Waals surface area (Å²) in [5.74, 6) is 1.16. The predicted molar refractivity (Wildman–Crippen MR) is 149 cm³/mol. The molecule has 1 saturated carbocycles. The molecule has 0 unspecified atom stereocenters. The monoisotopic (exact) mass is 567 g/mol. The van der Waals surface area contributed by atoms with E-state index in [1.54, 1.807) is 40.7 Å². The summed E-state index contributed by atoms with van der Waals surface area (Å²) >= 11 is 0. The van der Waals surface area contributed by atoms with Gasteiger partial charge in [-0.25, -0.2) is 22.8 Å². The number of carbonyl (C=O) groups excluding carboxylic acids is 1. The summed E-state index contributed by atoms with van der Waals surface area (Å²) in [4.78, 5) is 20.6. The van der Waals surface area contributed by atoms with Crippen LogP contribution < -0.4 is 14.4 Å². The Morgan fingerprint density at radius 2 is 1.95 bits per heavy atom. The normalized spacial score (nSPS) is 22.8. The number of pyridine rings is 1. The number of amides is 1. The van der Waals surface area contributed by atoms with Gasteiger partial charge in [0.05, 0.1) is 17.9 Å². The fraction of sp³-hybridized carbons (Fsp3) is 0.571. The summed E-state index contributed by atoms with van der Waals surface area (Å²) in [6.45, 7) is 10.1. The second-order valence-electron chi connectivity index (χ2n) is 12.5. The zero-order valence-electron chi connectivity index (χ0n) is 23.6. The molecule has 2 fully saturated rings. The number of sulfonamides is 1. The van der Waals surface area contributed by atoms with E-state index in [-0.39, 0.29) is 16.0 Å². The van der Waals surface area contributed by atoms with Gasteiger partial charge in [-0.3, -0.25) is 9.48 Å². The van der Waals surface area contributed by atoms with E-state index in [9.17, 15) is 13.2 Å². The van der Waals surface area contributed by atoms with Crippen molar-refractivity contribution in [2.45, 2.75) is 83.2 Å². The summed E-state index contributed by atoms with van der Waals surface area (Å²) in [7, 11) is -4.13. The number of hydrogen-bond donors (Lipinski definition) is 1. The molecule has 2 aliphatic heterocycles. The molecule has 5 heterocycles. The molecule has 1 N–H and O–H groups in total. The van der Waals surface area contributed by atoms with Gasteiger partial charge in [0.15, 0.2) is 5.82 Å². The Hall–Kier alpha value is -3.41. The first-order valence-corrected chi connectivity index (χ1v) is 15.5. The molecule has 12 heteroatoms. The van der Waals surface area contributed by atoms with Gasteiger partial charge in [-0.05, 0) is 82.8 Å². The van der Waals surface area contributed by atoms with Crippen LogP contribution in [0.4, 0.5) is 5.82 Å². The first kappa shape index (κ1) is 26.8. The summed E-state index contributed by atoms with van der Waals surface area (Å²) in [5.41, 5.74) is 0.681. The fourth-order valence-electron chi connectivity index (χ4n) is 5.93. The number of hydrogen-bond acceptors (Lipinski definition) is 8. The van der Waals surface area contributed by atoms with E-state index in [2.05, 4.69) is 40.6 Å². The van der Waals surface area contributed by atoms with Crippen molar-refractivity contribution in [1.29, 1.82) is 0 Å². The maximum atomic E-state index is 13.5. The first-order chi connectivity index (χ1) is 18.9. The topological polar surface area (TPSA) is 124 Å². The number of carbonyl (C=O) groups is 1. The SMILES string of the molecule is Cc1nn2cc1S(=O)(=O)NC(=O)c1ccc(-n3ccc(OCCC4(C)CC4)n3)nc1N1C[C@@H](CCC2)CC1(C)C. The van der Waals surface area contributed by atoms with Gasteiger partial charge in [-0.1, -0.05) is 6.92 Å². The van der Waals surface area contributed by atoms with Gasteiger partial charge in [-0.15, -0.1) is 5.10 Å². The van der Waals surface area contributed by atoms with Crippen LogP contribution in [0.2, 0.25) is 0 Å².